The van der Waals surface area contributed by atoms with Crippen LogP contribution in [0.15, 0.2) is 53.7 Å². The number of benzene rings is 2. The highest BCUT2D eigenvalue weighted by atomic mass is 35.5. The molecule has 3 rings (SSSR count). The van der Waals surface area contributed by atoms with Gasteiger partial charge in [-0.1, -0.05) is 59.2 Å². The van der Waals surface area contributed by atoms with Crippen LogP contribution >= 0.6 is 35.0 Å². The van der Waals surface area contributed by atoms with Gasteiger partial charge in [0.15, 0.2) is 11.0 Å². The largest absolute Gasteiger partial charge is 0.342 e. The van der Waals surface area contributed by atoms with Crippen molar-refractivity contribution in [3.05, 3.63) is 75.5 Å². The Hall–Kier alpha value is -2.02. The predicted octanol–water partition coefficient (Wildman–Crippen LogP) is 4.91. The summed E-state index contributed by atoms with van der Waals surface area (Å²) in [5, 5.41) is 13.3. The van der Waals surface area contributed by atoms with Crippen LogP contribution in [0, 0.1) is 0 Å². The molecule has 0 fully saturated rings. The first-order valence-corrected chi connectivity index (χ1v) is 10.0. The first-order valence-electron chi connectivity index (χ1n) is 8.27. The highest BCUT2D eigenvalue weighted by Gasteiger charge is 2.19. The molecule has 5 nitrogen and oxygen atoms in total. The van der Waals surface area contributed by atoms with Gasteiger partial charge in [0.05, 0.1) is 16.6 Å². The minimum Gasteiger partial charge on any atom is -0.342 e. The molecule has 0 saturated heterocycles. The number of nitrogens with zero attached hydrogens (tertiary/aromatic N) is 3. The standard InChI is InChI=1S/C19H18Cl2N4OS/c1-12(22-18(26)15-5-3-4-6-16(15)21)17-23-24-19(25(17)2)27-11-13-7-9-14(20)10-8-13/h3-10,12H,11H2,1-2H3,(H,22,26)/t12-/m0/s1. The fourth-order valence-electron chi connectivity index (χ4n) is 2.54. The molecule has 27 heavy (non-hydrogen) atoms. The molecule has 8 heteroatoms. The van der Waals surface area contributed by atoms with Crippen LogP contribution in [-0.4, -0.2) is 20.7 Å². The minimum atomic E-state index is -0.309. The lowest BCUT2D eigenvalue weighted by molar-refractivity contribution is 0.0938. The molecule has 3 aromatic rings. The van der Waals surface area contributed by atoms with E-state index in [1.165, 1.54) is 0 Å². The molecule has 0 radical (unpaired) electrons. The number of nitrogens with one attached hydrogen (secondary N) is 1. The maximum absolute atomic E-state index is 12.4. The van der Waals surface area contributed by atoms with E-state index in [0.717, 1.165) is 16.5 Å². The molecule has 0 aliphatic heterocycles. The van der Waals surface area contributed by atoms with Crippen LogP contribution in [0.25, 0.3) is 0 Å². The highest BCUT2D eigenvalue weighted by Crippen LogP contribution is 2.24. The van der Waals surface area contributed by atoms with Crippen molar-refractivity contribution in [2.75, 3.05) is 0 Å². The molecule has 0 bridgehead atoms. The Labute approximate surface area is 172 Å². The van der Waals surface area contributed by atoms with Crippen molar-refractivity contribution in [3.63, 3.8) is 0 Å². The van der Waals surface area contributed by atoms with Gasteiger partial charge in [-0.2, -0.15) is 0 Å². The molecule has 1 heterocycles. The zero-order valence-corrected chi connectivity index (χ0v) is 17.1. The van der Waals surface area contributed by atoms with Gasteiger partial charge in [-0.3, -0.25) is 4.79 Å². The van der Waals surface area contributed by atoms with Crippen molar-refractivity contribution < 1.29 is 4.79 Å². The van der Waals surface area contributed by atoms with E-state index in [0.29, 0.717) is 21.4 Å². The Morgan fingerprint density at radius 1 is 1.15 bits per heavy atom. The summed E-state index contributed by atoms with van der Waals surface area (Å²) < 4.78 is 1.89. The summed E-state index contributed by atoms with van der Waals surface area (Å²) in [5.74, 6) is 1.18. The van der Waals surface area contributed by atoms with Gasteiger partial charge < -0.3 is 9.88 Å². The smallest absolute Gasteiger partial charge is 0.253 e. The number of hydrogen-bond acceptors (Lipinski definition) is 4. The third-order valence-corrected chi connectivity index (χ3v) is 5.68. The summed E-state index contributed by atoms with van der Waals surface area (Å²) in [5.41, 5.74) is 1.58. The fourth-order valence-corrected chi connectivity index (χ4v) is 3.76. The van der Waals surface area contributed by atoms with Gasteiger partial charge in [0.1, 0.15) is 0 Å². The van der Waals surface area contributed by atoms with Crippen LogP contribution in [0.5, 0.6) is 0 Å². The molecule has 0 saturated carbocycles. The van der Waals surface area contributed by atoms with E-state index in [2.05, 4.69) is 15.5 Å². The summed E-state index contributed by atoms with van der Waals surface area (Å²) in [6.07, 6.45) is 0. The molecular weight excluding hydrogens is 403 g/mol. The van der Waals surface area contributed by atoms with E-state index in [1.54, 1.807) is 36.0 Å². The van der Waals surface area contributed by atoms with Crippen molar-refractivity contribution in [3.8, 4) is 0 Å². The average Bonchev–Trinajstić information content (AvgIpc) is 3.02. The second-order valence-corrected chi connectivity index (χ2v) is 7.78. The number of halogens is 2. The van der Waals surface area contributed by atoms with Gasteiger partial charge in [0, 0.05) is 17.8 Å². The molecule has 1 atom stereocenters. The molecule has 140 valence electrons. The third-order valence-electron chi connectivity index (χ3n) is 4.00. The highest BCUT2D eigenvalue weighted by molar-refractivity contribution is 7.98. The number of rotatable bonds is 6. The molecule has 2 aromatic carbocycles. The second kappa shape index (κ2) is 8.78. The van der Waals surface area contributed by atoms with Crippen molar-refractivity contribution in [2.45, 2.75) is 23.9 Å². The minimum absolute atomic E-state index is 0.244. The van der Waals surface area contributed by atoms with Crippen molar-refractivity contribution in [1.29, 1.82) is 0 Å². The molecule has 0 spiro atoms. The topological polar surface area (TPSA) is 59.8 Å². The first kappa shape index (κ1) is 19.7. The quantitative estimate of drug-likeness (QED) is 0.575. The zero-order chi connectivity index (χ0) is 19.4. The van der Waals surface area contributed by atoms with Crippen molar-refractivity contribution >= 4 is 40.9 Å². The van der Waals surface area contributed by atoms with E-state index < -0.39 is 0 Å². The summed E-state index contributed by atoms with van der Waals surface area (Å²) in [4.78, 5) is 12.4. The lowest BCUT2D eigenvalue weighted by atomic mass is 10.2. The van der Waals surface area contributed by atoms with Crippen LogP contribution in [0.3, 0.4) is 0 Å². The Kier molecular flexibility index (Phi) is 6.42. The Morgan fingerprint density at radius 2 is 1.85 bits per heavy atom. The van der Waals surface area contributed by atoms with E-state index >= 15 is 0 Å². The second-order valence-electron chi connectivity index (χ2n) is 5.99. The maximum atomic E-state index is 12.4. The molecule has 0 unspecified atom stereocenters. The van der Waals surface area contributed by atoms with Gasteiger partial charge >= 0.3 is 0 Å². The average molecular weight is 421 g/mol. The maximum Gasteiger partial charge on any atom is 0.253 e. The fraction of sp³-hybridized carbons (Fsp3) is 0.211. The molecule has 1 aromatic heterocycles. The van der Waals surface area contributed by atoms with Gasteiger partial charge in [0.25, 0.3) is 5.91 Å². The monoisotopic (exact) mass is 420 g/mol. The number of amides is 1. The van der Waals surface area contributed by atoms with E-state index in [9.17, 15) is 4.79 Å². The lowest BCUT2D eigenvalue weighted by Gasteiger charge is -2.14. The van der Waals surface area contributed by atoms with Crippen molar-refractivity contribution in [1.82, 2.24) is 20.1 Å². The third kappa shape index (κ3) is 4.83. The lowest BCUT2D eigenvalue weighted by Crippen LogP contribution is -2.28. The summed E-state index contributed by atoms with van der Waals surface area (Å²) in [7, 11) is 1.89. The van der Waals surface area contributed by atoms with Crippen LogP contribution in [-0.2, 0) is 12.8 Å². The summed E-state index contributed by atoms with van der Waals surface area (Å²) in [6, 6.07) is 14.3. The predicted molar refractivity (Wildman–Crippen MR) is 109 cm³/mol. The van der Waals surface area contributed by atoms with Crippen molar-refractivity contribution in [2.24, 2.45) is 7.05 Å². The van der Waals surface area contributed by atoms with Gasteiger partial charge in [-0.25, -0.2) is 0 Å². The molecule has 1 N–H and O–H groups in total. The van der Waals surface area contributed by atoms with Gasteiger partial charge in [-0.15, -0.1) is 10.2 Å². The Morgan fingerprint density at radius 3 is 2.56 bits per heavy atom. The Bertz CT molecular complexity index is 943. The number of thioether (sulfide) groups is 1. The van der Waals surface area contributed by atoms with E-state index in [-0.39, 0.29) is 11.9 Å². The van der Waals surface area contributed by atoms with Gasteiger partial charge in [-0.05, 0) is 36.8 Å². The Balaban J connectivity index is 1.66. The van der Waals surface area contributed by atoms with Crippen LogP contribution < -0.4 is 5.32 Å². The van der Waals surface area contributed by atoms with E-state index in [1.807, 2.05) is 42.8 Å². The zero-order valence-electron chi connectivity index (χ0n) is 14.8. The number of aromatic nitrogens is 3. The van der Waals surface area contributed by atoms with Crippen LogP contribution in [0.1, 0.15) is 34.7 Å². The summed E-state index contributed by atoms with van der Waals surface area (Å²) >= 11 is 13.6. The molecule has 1 amide bonds. The normalized spacial score (nSPS) is 12.0. The first-order chi connectivity index (χ1) is 13.0. The molecular formula is C19H18Cl2N4OS. The summed E-state index contributed by atoms with van der Waals surface area (Å²) in [6.45, 7) is 1.87. The van der Waals surface area contributed by atoms with Crippen LogP contribution in [0.2, 0.25) is 10.0 Å². The molecule has 0 aliphatic carbocycles. The van der Waals surface area contributed by atoms with Gasteiger partial charge in [0.2, 0.25) is 0 Å². The molecule has 0 aliphatic rings. The SMILES string of the molecule is C[C@H](NC(=O)c1ccccc1Cl)c1nnc(SCc2ccc(Cl)cc2)n1C. The number of carbonyl (C=O) groups is 1. The van der Waals surface area contributed by atoms with E-state index in [4.69, 9.17) is 23.2 Å². The van der Waals surface area contributed by atoms with Crippen LogP contribution in [0.4, 0.5) is 0 Å². The number of carbonyl (C=O) groups excluding carboxylic acids is 1. The number of hydrogen-bond donors (Lipinski definition) is 1.